The van der Waals surface area contributed by atoms with Gasteiger partial charge in [-0.2, -0.15) is 4.68 Å². The molecule has 0 saturated carbocycles. The molecule has 0 saturated heterocycles. The molecular formula is C18H16N4. The molecule has 4 nitrogen and oxygen atoms in total. The fraction of sp³-hybridized carbons (Fsp3) is 0.167. The van der Waals surface area contributed by atoms with Gasteiger partial charge in [0.05, 0.1) is 11.0 Å². The van der Waals surface area contributed by atoms with Crippen molar-refractivity contribution in [3.05, 3.63) is 59.2 Å². The molecule has 2 aromatic carbocycles. The van der Waals surface area contributed by atoms with Gasteiger partial charge in [-0.25, -0.2) is 4.98 Å². The maximum atomic E-state index is 4.75. The lowest BCUT2D eigenvalue weighted by Crippen LogP contribution is -2.01. The highest BCUT2D eigenvalue weighted by molar-refractivity contribution is 5.84. The Morgan fingerprint density at radius 1 is 0.818 bits per heavy atom. The van der Waals surface area contributed by atoms with Crippen molar-refractivity contribution in [3.8, 4) is 5.82 Å². The summed E-state index contributed by atoms with van der Waals surface area (Å²) >= 11 is 0. The van der Waals surface area contributed by atoms with Gasteiger partial charge in [-0.05, 0) is 62.2 Å². The Balaban J connectivity index is 1.98. The van der Waals surface area contributed by atoms with E-state index in [2.05, 4.69) is 61.4 Å². The van der Waals surface area contributed by atoms with Crippen LogP contribution in [-0.4, -0.2) is 20.0 Å². The van der Waals surface area contributed by atoms with Crippen LogP contribution in [0.25, 0.3) is 27.8 Å². The van der Waals surface area contributed by atoms with Crippen LogP contribution in [0.15, 0.2) is 42.5 Å². The Morgan fingerprint density at radius 3 is 2.45 bits per heavy atom. The lowest BCUT2D eigenvalue weighted by molar-refractivity contribution is 0.804. The maximum absolute atomic E-state index is 4.75. The van der Waals surface area contributed by atoms with Gasteiger partial charge in [0.1, 0.15) is 5.52 Å². The van der Waals surface area contributed by atoms with E-state index >= 15 is 0 Å². The summed E-state index contributed by atoms with van der Waals surface area (Å²) < 4.78 is 1.81. The van der Waals surface area contributed by atoms with Crippen molar-refractivity contribution in [1.82, 2.24) is 20.0 Å². The molecule has 4 aromatic rings. The van der Waals surface area contributed by atoms with E-state index in [0.29, 0.717) is 0 Å². The Morgan fingerprint density at radius 2 is 1.59 bits per heavy atom. The molecule has 0 aliphatic carbocycles. The molecular weight excluding hydrogens is 272 g/mol. The molecule has 0 N–H and O–H groups in total. The highest BCUT2D eigenvalue weighted by Gasteiger charge is 2.10. The minimum absolute atomic E-state index is 0.806. The fourth-order valence-corrected chi connectivity index (χ4v) is 2.80. The number of rotatable bonds is 1. The van der Waals surface area contributed by atoms with Gasteiger partial charge in [0.15, 0.2) is 5.82 Å². The van der Waals surface area contributed by atoms with Crippen LogP contribution in [0.3, 0.4) is 0 Å². The number of pyridine rings is 1. The molecule has 0 aliphatic heterocycles. The minimum Gasteiger partial charge on any atom is -0.229 e. The van der Waals surface area contributed by atoms with E-state index in [0.717, 1.165) is 22.4 Å². The van der Waals surface area contributed by atoms with E-state index in [1.54, 1.807) is 4.68 Å². The van der Waals surface area contributed by atoms with Crippen molar-refractivity contribution in [1.29, 1.82) is 0 Å². The first-order valence-electron chi connectivity index (χ1n) is 7.32. The molecule has 0 radical (unpaired) electrons. The lowest BCUT2D eigenvalue weighted by atomic mass is 10.1. The second kappa shape index (κ2) is 4.63. The van der Waals surface area contributed by atoms with E-state index < -0.39 is 0 Å². The predicted octanol–water partition coefficient (Wildman–Crippen LogP) is 3.89. The molecule has 2 aromatic heterocycles. The van der Waals surface area contributed by atoms with Gasteiger partial charge in [-0.3, -0.25) is 0 Å². The molecule has 0 bridgehead atoms. The number of nitrogens with zero attached hydrogens (tertiary/aromatic N) is 4. The predicted molar refractivity (Wildman–Crippen MR) is 88.4 cm³/mol. The number of aryl methyl sites for hydroxylation is 3. The lowest BCUT2D eigenvalue weighted by Gasteiger charge is -2.07. The zero-order valence-electron chi connectivity index (χ0n) is 12.8. The standard InChI is InChI=1S/C18H16N4/c1-11-4-6-15-14(8-11)13(3)10-18(19-15)22-17-7-5-12(2)9-16(17)20-21-22/h4-10H,1-3H3. The number of aromatic nitrogens is 4. The van der Waals surface area contributed by atoms with Crippen molar-refractivity contribution in [2.24, 2.45) is 0 Å². The molecule has 108 valence electrons. The smallest absolute Gasteiger partial charge is 0.156 e. The number of hydrogen-bond donors (Lipinski definition) is 0. The first kappa shape index (κ1) is 13.0. The van der Waals surface area contributed by atoms with Gasteiger partial charge in [-0.15, -0.1) is 5.10 Å². The van der Waals surface area contributed by atoms with Crippen LogP contribution in [0.2, 0.25) is 0 Å². The third-order valence-electron chi connectivity index (χ3n) is 3.98. The molecule has 2 heterocycles. The first-order valence-corrected chi connectivity index (χ1v) is 7.32. The van der Waals surface area contributed by atoms with E-state index in [4.69, 9.17) is 4.98 Å². The normalized spacial score (nSPS) is 11.4. The highest BCUT2D eigenvalue weighted by atomic mass is 15.4. The third-order valence-corrected chi connectivity index (χ3v) is 3.98. The second-order valence-corrected chi connectivity index (χ2v) is 5.81. The van der Waals surface area contributed by atoms with E-state index in [1.807, 2.05) is 12.1 Å². The monoisotopic (exact) mass is 288 g/mol. The number of hydrogen-bond acceptors (Lipinski definition) is 3. The van der Waals surface area contributed by atoms with Crippen molar-refractivity contribution in [2.75, 3.05) is 0 Å². The number of benzene rings is 2. The summed E-state index contributed by atoms with van der Waals surface area (Å²) in [4.78, 5) is 4.75. The van der Waals surface area contributed by atoms with Crippen LogP contribution < -0.4 is 0 Å². The van der Waals surface area contributed by atoms with Crippen LogP contribution in [0.5, 0.6) is 0 Å². The molecule has 0 amide bonds. The first-order chi connectivity index (χ1) is 10.6. The van der Waals surface area contributed by atoms with E-state index in [1.165, 1.54) is 22.1 Å². The van der Waals surface area contributed by atoms with Crippen LogP contribution in [-0.2, 0) is 0 Å². The third kappa shape index (κ3) is 1.96. The minimum atomic E-state index is 0.806. The van der Waals surface area contributed by atoms with Crippen LogP contribution >= 0.6 is 0 Å². The molecule has 0 spiro atoms. The van der Waals surface area contributed by atoms with Crippen LogP contribution in [0.1, 0.15) is 16.7 Å². The summed E-state index contributed by atoms with van der Waals surface area (Å²) in [7, 11) is 0. The Hall–Kier alpha value is -2.75. The Kier molecular flexibility index (Phi) is 2.73. The fourth-order valence-electron chi connectivity index (χ4n) is 2.80. The summed E-state index contributed by atoms with van der Waals surface area (Å²) in [6.45, 7) is 6.26. The number of fused-ring (bicyclic) bond motifs is 2. The van der Waals surface area contributed by atoms with E-state index in [-0.39, 0.29) is 0 Å². The summed E-state index contributed by atoms with van der Waals surface area (Å²) in [5, 5.41) is 9.71. The van der Waals surface area contributed by atoms with Gasteiger partial charge in [-0.1, -0.05) is 22.9 Å². The summed E-state index contributed by atoms with van der Waals surface area (Å²) in [6.07, 6.45) is 0. The van der Waals surface area contributed by atoms with Gasteiger partial charge in [0, 0.05) is 5.39 Å². The van der Waals surface area contributed by atoms with Crippen molar-refractivity contribution in [3.63, 3.8) is 0 Å². The maximum Gasteiger partial charge on any atom is 0.156 e. The van der Waals surface area contributed by atoms with Gasteiger partial charge in [0.25, 0.3) is 0 Å². The summed E-state index contributed by atoms with van der Waals surface area (Å²) in [5.74, 6) is 0.806. The topological polar surface area (TPSA) is 43.6 Å². The molecule has 0 fully saturated rings. The van der Waals surface area contributed by atoms with Crippen LogP contribution in [0.4, 0.5) is 0 Å². The largest absolute Gasteiger partial charge is 0.229 e. The SMILES string of the molecule is Cc1ccc2c(c1)nnn2-c1cc(C)c2cc(C)ccc2n1. The zero-order valence-corrected chi connectivity index (χ0v) is 12.8. The van der Waals surface area contributed by atoms with Gasteiger partial charge in [0.2, 0.25) is 0 Å². The van der Waals surface area contributed by atoms with Crippen molar-refractivity contribution in [2.45, 2.75) is 20.8 Å². The molecule has 4 heteroatoms. The summed E-state index contributed by atoms with van der Waals surface area (Å²) in [5.41, 5.74) is 6.47. The Bertz CT molecular complexity index is 1010. The second-order valence-electron chi connectivity index (χ2n) is 5.81. The van der Waals surface area contributed by atoms with Crippen molar-refractivity contribution < 1.29 is 0 Å². The summed E-state index contributed by atoms with van der Waals surface area (Å²) in [6, 6.07) is 14.5. The van der Waals surface area contributed by atoms with E-state index in [9.17, 15) is 0 Å². The quantitative estimate of drug-likeness (QED) is 0.533. The zero-order chi connectivity index (χ0) is 15.3. The van der Waals surface area contributed by atoms with Gasteiger partial charge >= 0.3 is 0 Å². The van der Waals surface area contributed by atoms with Crippen LogP contribution in [0, 0.1) is 20.8 Å². The molecule has 0 unspecified atom stereocenters. The average molecular weight is 288 g/mol. The molecule has 4 rings (SSSR count). The highest BCUT2D eigenvalue weighted by Crippen LogP contribution is 2.23. The average Bonchev–Trinajstić information content (AvgIpc) is 2.90. The Labute approximate surface area is 128 Å². The molecule has 22 heavy (non-hydrogen) atoms. The molecule has 0 atom stereocenters. The van der Waals surface area contributed by atoms with Gasteiger partial charge < -0.3 is 0 Å². The van der Waals surface area contributed by atoms with Crippen molar-refractivity contribution >= 4 is 21.9 Å². The molecule has 0 aliphatic rings.